The van der Waals surface area contributed by atoms with Gasteiger partial charge >= 0.3 is 0 Å². The Labute approximate surface area is 524 Å². The molecule has 0 amide bonds. The van der Waals surface area contributed by atoms with Crippen LogP contribution in [0.5, 0.6) is 0 Å². The van der Waals surface area contributed by atoms with E-state index in [0.29, 0.717) is 23.1 Å². The van der Waals surface area contributed by atoms with E-state index in [1.54, 1.807) is 0 Å². The zero-order valence-corrected chi connectivity index (χ0v) is 53.1. The molecule has 7 aromatic carbocycles. The van der Waals surface area contributed by atoms with Crippen LogP contribution in [0.15, 0.2) is 188 Å². The molecule has 0 fully saturated rings. The van der Waals surface area contributed by atoms with Crippen molar-refractivity contribution in [3.8, 4) is 52.5 Å². The second-order valence-corrected chi connectivity index (χ2v) is 30.7. The highest BCUT2D eigenvalue weighted by Crippen LogP contribution is 2.69. The molecule has 0 aliphatic heterocycles. The Kier molecular flexibility index (Phi) is 12.2. The summed E-state index contributed by atoms with van der Waals surface area (Å²) in [7, 11) is 0. The van der Waals surface area contributed by atoms with Crippen LogP contribution in [-0.4, -0.2) is 5.78 Å². The number of nitriles is 2. The highest BCUT2D eigenvalue weighted by molar-refractivity contribution is 7.32. The van der Waals surface area contributed by atoms with Crippen molar-refractivity contribution in [2.45, 2.75) is 71.6 Å². The number of thiophene rings is 6. The molecule has 1 unspecified atom stereocenters. The van der Waals surface area contributed by atoms with Crippen LogP contribution in [0, 0.1) is 62.7 Å². The topological polar surface area (TPSA) is 64.7 Å². The molecule has 1 atom stereocenters. The number of allylic oxidation sites excluding steroid dienone is 2. The molecule has 86 heavy (non-hydrogen) atoms. The van der Waals surface area contributed by atoms with Gasteiger partial charge in [-0.2, -0.15) is 10.5 Å². The first-order valence-electron chi connectivity index (χ1n) is 29.2. The molecule has 3 aliphatic rings. The van der Waals surface area contributed by atoms with Crippen LogP contribution in [-0.2, 0) is 17.3 Å². The van der Waals surface area contributed by atoms with Crippen molar-refractivity contribution in [3.05, 3.63) is 275 Å². The highest BCUT2D eigenvalue weighted by Gasteiger charge is 2.54. The Balaban J connectivity index is 0.879. The summed E-state index contributed by atoms with van der Waals surface area (Å²) in [4.78, 5) is 24.5. The van der Waals surface area contributed by atoms with E-state index in [0.717, 1.165) is 12.8 Å². The van der Waals surface area contributed by atoms with E-state index < -0.39 is 16.2 Å². The Morgan fingerprint density at radius 1 is 0.453 bits per heavy atom. The third-order valence-electron chi connectivity index (χ3n) is 18.8. The summed E-state index contributed by atoms with van der Waals surface area (Å²) in [6, 6.07) is 73.4. The monoisotopic (exact) mass is 1210 g/mol. The lowest BCUT2D eigenvalue weighted by molar-refractivity contribution is 0.0880. The van der Waals surface area contributed by atoms with Gasteiger partial charge in [-0.15, -0.1) is 68.0 Å². The van der Waals surface area contributed by atoms with Gasteiger partial charge in [-0.05, 0) is 182 Å². The summed E-state index contributed by atoms with van der Waals surface area (Å²) >= 11 is 11.5. The average molecular weight is 1220 g/mol. The third kappa shape index (κ3) is 7.65. The quantitative estimate of drug-likeness (QED) is 0.128. The molecule has 6 aromatic heterocycles. The maximum atomic E-state index is 14.0. The number of Topliss-reactive ketones (excluding diaryl/α,β-unsaturated/α-hetero) is 1. The number of aryl methyl sites for hydroxylation is 6. The fourth-order valence-corrected chi connectivity index (χ4v) is 22.1. The van der Waals surface area contributed by atoms with E-state index in [9.17, 15) is 15.3 Å². The van der Waals surface area contributed by atoms with E-state index in [2.05, 4.69) is 204 Å². The molecule has 3 aliphatic carbocycles. The highest BCUT2D eigenvalue weighted by atomic mass is 32.1. The number of carbonyl (C=O) groups is 1. The van der Waals surface area contributed by atoms with Gasteiger partial charge in [-0.3, -0.25) is 4.79 Å². The summed E-state index contributed by atoms with van der Waals surface area (Å²) < 4.78 is 5.32. The normalized spacial score (nSPS) is 15.9. The largest absolute Gasteiger partial charge is 0.293 e. The van der Waals surface area contributed by atoms with E-state index in [4.69, 9.17) is 0 Å². The second kappa shape index (κ2) is 19.7. The second-order valence-electron chi connectivity index (χ2n) is 24.0. The lowest BCUT2D eigenvalue weighted by Gasteiger charge is -2.34. The lowest BCUT2D eigenvalue weighted by Crippen LogP contribution is -2.29. The van der Waals surface area contributed by atoms with Crippen LogP contribution in [0.1, 0.15) is 112 Å². The minimum atomic E-state index is -0.942. The van der Waals surface area contributed by atoms with Crippen LogP contribution in [0.4, 0.5) is 0 Å². The van der Waals surface area contributed by atoms with Gasteiger partial charge in [0, 0.05) is 70.7 Å². The SMILES string of the molecule is Cc1ccc(C2(c3ccc(C)cc3)c3cc4cc(-c5ccc(CCCC6(C)C(=O)c7ccccc7C6=C(C#N)C#N)s5)sc4cc3-c3sc4c5c(sc4c32)-c2cc3cc(-c4ccc(C)s4)sc3cc2C5(c2ccc(C)cc2)c2ccc(C)cc2)cc1. The molecule has 16 rings (SSSR count). The van der Waals surface area contributed by atoms with Gasteiger partial charge in [0.05, 0.1) is 25.6 Å². The fraction of sp³-hybridized carbons (Fsp3) is 0.156. The smallest absolute Gasteiger partial charge is 0.173 e. The molecular weight excluding hydrogens is 1160 g/mol. The van der Waals surface area contributed by atoms with Crippen molar-refractivity contribution >= 4 is 109 Å². The van der Waals surface area contributed by atoms with Crippen molar-refractivity contribution in [3.63, 3.8) is 0 Å². The molecule has 0 saturated carbocycles. The van der Waals surface area contributed by atoms with Crippen LogP contribution in [0.3, 0.4) is 0 Å². The van der Waals surface area contributed by atoms with Crippen LogP contribution >= 0.6 is 68.0 Å². The Morgan fingerprint density at radius 3 is 1.43 bits per heavy atom. The van der Waals surface area contributed by atoms with Crippen LogP contribution in [0.25, 0.3) is 75.5 Å². The maximum absolute atomic E-state index is 14.0. The predicted octanol–water partition coefficient (Wildman–Crippen LogP) is 22.1. The minimum Gasteiger partial charge on any atom is -0.293 e. The van der Waals surface area contributed by atoms with Gasteiger partial charge in [0.2, 0.25) is 0 Å². The van der Waals surface area contributed by atoms with E-state index in [-0.39, 0.29) is 11.4 Å². The molecular formula is C77H54N2OS6. The minimum absolute atomic E-state index is 0.0101. The fourth-order valence-electron chi connectivity index (χ4n) is 14.6. The number of benzene rings is 7. The summed E-state index contributed by atoms with van der Waals surface area (Å²) in [5.41, 5.74) is 18.0. The van der Waals surface area contributed by atoms with Crippen molar-refractivity contribution in [1.29, 1.82) is 10.5 Å². The van der Waals surface area contributed by atoms with Gasteiger partial charge in [0.25, 0.3) is 0 Å². The first kappa shape index (κ1) is 53.4. The number of carbonyl (C=O) groups excluding carboxylic acids is 1. The molecule has 13 aromatic rings. The van der Waals surface area contributed by atoms with Gasteiger partial charge in [-0.1, -0.05) is 144 Å². The van der Waals surface area contributed by atoms with Gasteiger partial charge in [-0.25, -0.2) is 0 Å². The Hall–Kier alpha value is -8.09. The standard InChI is InChI=1S/C77H54N2OS6/c1-42-13-22-50(23-14-42)76(51-24-15-43(2)16-25-51)59-35-48-37-66(62-32-30-54(82-62)10-9-33-75(6)67(49(40-78)41-79)55-11-7-8-12-56(55)74(75)80)83-63(48)38-58(59)71-69(76)73-72(86-71)68-70(85-73)57-34-47-36-65(61-31-21-46(5)81-61)84-64(47)39-60(57)77(68,52-26-17-44(3)18-27-52)53-28-19-45(4)20-29-53/h7-8,11-32,34-39H,9-10,33H2,1-6H3. The molecule has 0 N–H and O–H groups in total. The first-order valence-corrected chi connectivity index (χ1v) is 34.1. The summed E-state index contributed by atoms with van der Waals surface area (Å²) in [6.45, 7) is 12.9. The van der Waals surface area contributed by atoms with Gasteiger partial charge in [0.1, 0.15) is 17.7 Å². The zero-order valence-electron chi connectivity index (χ0n) is 48.2. The van der Waals surface area contributed by atoms with Crippen molar-refractivity contribution in [1.82, 2.24) is 0 Å². The number of fused-ring (bicyclic) bond motifs is 12. The number of nitrogens with zero attached hydrogens (tertiary/aromatic N) is 2. The predicted molar refractivity (Wildman–Crippen MR) is 365 cm³/mol. The molecule has 6 heterocycles. The molecule has 0 spiro atoms. The number of hydrogen-bond acceptors (Lipinski definition) is 9. The first-order chi connectivity index (χ1) is 41.8. The molecule has 9 heteroatoms. The molecule has 3 nitrogen and oxygen atoms in total. The molecule has 0 bridgehead atoms. The Morgan fingerprint density at radius 2 is 0.919 bits per heavy atom. The van der Waals surface area contributed by atoms with Gasteiger partial charge in [0.15, 0.2) is 5.78 Å². The van der Waals surface area contributed by atoms with Crippen molar-refractivity contribution < 1.29 is 4.79 Å². The number of ketones is 1. The average Bonchev–Trinajstić information content (AvgIpc) is 1.49. The van der Waals surface area contributed by atoms with Crippen LogP contribution in [0.2, 0.25) is 0 Å². The van der Waals surface area contributed by atoms with Crippen molar-refractivity contribution in [2.24, 2.45) is 5.41 Å². The van der Waals surface area contributed by atoms with Gasteiger partial charge < -0.3 is 0 Å². The maximum Gasteiger partial charge on any atom is 0.173 e. The summed E-state index contributed by atoms with van der Waals surface area (Å²) in [6.07, 6.45) is 2.07. The Bertz CT molecular complexity index is 5020. The zero-order chi connectivity index (χ0) is 58.5. The van der Waals surface area contributed by atoms with E-state index in [1.165, 1.54) is 146 Å². The summed E-state index contributed by atoms with van der Waals surface area (Å²) in [5, 5.41) is 22.6. The van der Waals surface area contributed by atoms with E-state index >= 15 is 0 Å². The van der Waals surface area contributed by atoms with Crippen molar-refractivity contribution in [2.75, 3.05) is 0 Å². The number of rotatable bonds is 10. The lowest BCUT2D eigenvalue weighted by atomic mass is 9.66. The molecule has 414 valence electrons. The number of hydrogen-bond donors (Lipinski definition) is 0. The third-order valence-corrected chi connectivity index (χ3v) is 26.1. The summed E-state index contributed by atoms with van der Waals surface area (Å²) in [5.74, 6) is -0.0101. The van der Waals surface area contributed by atoms with E-state index in [1.807, 2.05) is 99.2 Å². The molecule has 0 radical (unpaired) electrons. The van der Waals surface area contributed by atoms with Crippen LogP contribution < -0.4 is 0 Å². The molecule has 0 saturated heterocycles.